The van der Waals surface area contributed by atoms with Crippen molar-refractivity contribution in [3.05, 3.63) is 43.0 Å². The molecule has 1 fully saturated rings. The summed E-state index contributed by atoms with van der Waals surface area (Å²) in [6, 6.07) is 8.14. The molecule has 0 N–H and O–H groups in total. The fourth-order valence-corrected chi connectivity index (χ4v) is 5.58. The Morgan fingerprint density at radius 1 is 1.43 bits per heavy atom. The lowest BCUT2D eigenvalue weighted by Gasteiger charge is -2.31. The van der Waals surface area contributed by atoms with E-state index in [0.29, 0.717) is 25.7 Å². The van der Waals surface area contributed by atoms with Gasteiger partial charge in [-0.15, -0.1) is 6.58 Å². The molecule has 1 aromatic rings. The summed E-state index contributed by atoms with van der Waals surface area (Å²) in [4.78, 5) is 12.6. The van der Waals surface area contributed by atoms with Crippen LogP contribution in [-0.4, -0.2) is 26.2 Å². The van der Waals surface area contributed by atoms with Crippen LogP contribution in [0.15, 0.2) is 47.9 Å². The molecule has 1 aliphatic carbocycles. The summed E-state index contributed by atoms with van der Waals surface area (Å²) in [5.74, 6) is -0.941. The van der Waals surface area contributed by atoms with Crippen molar-refractivity contribution in [1.29, 1.82) is 0 Å². The number of ether oxygens (including phenoxy) is 1. The minimum absolute atomic E-state index is 0.173. The van der Waals surface area contributed by atoms with E-state index in [1.807, 2.05) is 0 Å². The fraction of sp³-hybridized carbons (Fsp3) is 0.438. The Labute approximate surface area is 125 Å². The molecule has 5 heteroatoms. The number of esters is 1. The lowest BCUT2D eigenvalue weighted by molar-refractivity contribution is -0.144. The highest BCUT2D eigenvalue weighted by atomic mass is 32.2. The molecule has 0 bridgehead atoms. The van der Waals surface area contributed by atoms with Crippen molar-refractivity contribution in [3.8, 4) is 0 Å². The molecule has 2 rings (SSSR count). The predicted octanol–water partition coefficient (Wildman–Crippen LogP) is 2.75. The molecule has 0 heterocycles. The first-order chi connectivity index (χ1) is 10.0. The van der Waals surface area contributed by atoms with Crippen LogP contribution >= 0.6 is 0 Å². The van der Waals surface area contributed by atoms with Gasteiger partial charge in [-0.2, -0.15) is 0 Å². The Hall–Kier alpha value is -1.62. The number of hydrogen-bond donors (Lipinski definition) is 0. The van der Waals surface area contributed by atoms with Gasteiger partial charge in [0.05, 0.1) is 12.0 Å². The number of methoxy groups -OCH3 is 1. The van der Waals surface area contributed by atoms with Gasteiger partial charge in [-0.05, 0) is 37.3 Å². The van der Waals surface area contributed by atoms with Gasteiger partial charge in [0.1, 0.15) is 0 Å². The maximum atomic E-state index is 13.1. The van der Waals surface area contributed by atoms with Crippen molar-refractivity contribution in [1.82, 2.24) is 0 Å². The molecule has 4 nitrogen and oxygen atoms in total. The molecule has 0 aromatic heterocycles. The van der Waals surface area contributed by atoms with E-state index in [-0.39, 0.29) is 10.8 Å². The lowest BCUT2D eigenvalue weighted by Crippen LogP contribution is -2.50. The van der Waals surface area contributed by atoms with E-state index >= 15 is 0 Å². The second-order valence-electron chi connectivity index (χ2n) is 5.31. The third-order valence-electron chi connectivity index (χ3n) is 4.28. The number of benzene rings is 1. The molecule has 1 aliphatic rings. The lowest BCUT2D eigenvalue weighted by atomic mass is 9.92. The highest BCUT2D eigenvalue weighted by Gasteiger charge is 2.59. The third kappa shape index (κ3) is 2.39. The van der Waals surface area contributed by atoms with E-state index in [4.69, 9.17) is 4.74 Å². The minimum atomic E-state index is -3.81. The van der Waals surface area contributed by atoms with Crippen LogP contribution in [0.1, 0.15) is 25.7 Å². The molecule has 0 radical (unpaired) electrons. The first-order valence-electron chi connectivity index (χ1n) is 6.99. The number of carbonyl (C=O) groups is 1. The first-order valence-corrected chi connectivity index (χ1v) is 8.48. The maximum absolute atomic E-state index is 13.1. The van der Waals surface area contributed by atoms with Crippen molar-refractivity contribution in [3.63, 3.8) is 0 Å². The van der Waals surface area contributed by atoms with Gasteiger partial charge >= 0.3 is 5.97 Å². The largest absolute Gasteiger partial charge is 0.468 e. The van der Waals surface area contributed by atoms with Crippen LogP contribution in [0.4, 0.5) is 0 Å². The van der Waals surface area contributed by atoms with Crippen LogP contribution in [0, 0.1) is 5.92 Å². The highest BCUT2D eigenvalue weighted by Crippen LogP contribution is 2.47. The molecule has 0 amide bonds. The molecule has 0 aliphatic heterocycles. The zero-order chi connectivity index (χ0) is 15.5. The van der Waals surface area contributed by atoms with Gasteiger partial charge < -0.3 is 4.74 Å². The fourth-order valence-electron chi connectivity index (χ4n) is 3.27. The first kappa shape index (κ1) is 15.8. The predicted molar refractivity (Wildman–Crippen MR) is 80.5 cm³/mol. The Morgan fingerprint density at radius 2 is 2.10 bits per heavy atom. The van der Waals surface area contributed by atoms with Gasteiger partial charge in [0, 0.05) is 0 Å². The van der Waals surface area contributed by atoms with E-state index in [2.05, 4.69) is 6.58 Å². The van der Waals surface area contributed by atoms with Gasteiger partial charge in [-0.3, -0.25) is 4.79 Å². The molecule has 0 saturated heterocycles. The highest BCUT2D eigenvalue weighted by molar-refractivity contribution is 7.93. The van der Waals surface area contributed by atoms with E-state index < -0.39 is 20.6 Å². The molecule has 114 valence electrons. The molecule has 2 unspecified atom stereocenters. The number of hydrogen-bond acceptors (Lipinski definition) is 4. The van der Waals surface area contributed by atoms with Gasteiger partial charge in [-0.1, -0.05) is 30.7 Å². The van der Waals surface area contributed by atoms with Crippen molar-refractivity contribution in [2.75, 3.05) is 7.11 Å². The van der Waals surface area contributed by atoms with Gasteiger partial charge in [0.15, 0.2) is 14.6 Å². The average molecular weight is 308 g/mol. The molecular weight excluding hydrogens is 288 g/mol. The van der Waals surface area contributed by atoms with Crippen molar-refractivity contribution in [2.24, 2.45) is 5.92 Å². The van der Waals surface area contributed by atoms with Crippen LogP contribution in [-0.2, 0) is 19.4 Å². The van der Waals surface area contributed by atoms with Crippen LogP contribution in [0.25, 0.3) is 0 Å². The van der Waals surface area contributed by atoms with Crippen LogP contribution < -0.4 is 0 Å². The van der Waals surface area contributed by atoms with Crippen molar-refractivity contribution in [2.45, 2.75) is 35.3 Å². The number of carbonyl (C=O) groups excluding carboxylic acids is 1. The van der Waals surface area contributed by atoms with Crippen LogP contribution in [0.2, 0.25) is 0 Å². The monoisotopic (exact) mass is 308 g/mol. The van der Waals surface area contributed by atoms with Crippen LogP contribution in [0.3, 0.4) is 0 Å². The number of sulfone groups is 1. The van der Waals surface area contributed by atoms with Crippen molar-refractivity contribution >= 4 is 15.8 Å². The summed E-state index contributed by atoms with van der Waals surface area (Å²) in [6.07, 6.45) is 3.84. The smallest absolute Gasteiger partial charge is 0.327 e. The number of allylic oxidation sites excluding steroid dienone is 1. The summed E-state index contributed by atoms with van der Waals surface area (Å²) >= 11 is 0. The Bertz CT molecular complexity index is 621. The zero-order valence-electron chi connectivity index (χ0n) is 12.1. The average Bonchev–Trinajstić information content (AvgIpc) is 2.93. The van der Waals surface area contributed by atoms with E-state index in [1.165, 1.54) is 19.2 Å². The molecule has 21 heavy (non-hydrogen) atoms. The SMILES string of the molecule is C=CCC1CCCC1(C(=O)OC)S(=O)(=O)c1ccccc1. The Balaban J connectivity index is 2.61. The van der Waals surface area contributed by atoms with Crippen molar-refractivity contribution < 1.29 is 17.9 Å². The normalized spacial score (nSPS) is 25.5. The van der Waals surface area contributed by atoms with E-state index in [9.17, 15) is 13.2 Å². The van der Waals surface area contributed by atoms with Gasteiger partial charge in [0.25, 0.3) is 0 Å². The second-order valence-corrected chi connectivity index (χ2v) is 7.52. The summed E-state index contributed by atoms with van der Waals surface area (Å²) in [6.45, 7) is 3.68. The zero-order valence-corrected chi connectivity index (χ0v) is 12.9. The Kier molecular flexibility index (Phi) is 4.52. The molecule has 1 saturated carbocycles. The third-order valence-corrected chi connectivity index (χ3v) is 6.83. The Morgan fingerprint density at radius 3 is 2.67 bits per heavy atom. The van der Waals surface area contributed by atoms with E-state index in [1.54, 1.807) is 24.3 Å². The molecule has 1 aromatic carbocycles. The summed E-state index contributed by atoms with van der Waals surface area (Å²) in [7, 11) is -2.56. The summed E-state index contributed by atoms with van der Waals surface area (Å²) in [5.41, 5.74) is 0. The van der Waals surface area contributed by atoms with Gasteiger partial charge in [-0.25, -0.2) is 8.42 Å². The minimum Gasteiger partial charge on any atom is -0.468 e. The maximum Gasteiger partial charge on any atom is 0.327 e. The molecule has 2 atom stereocenters. The second kappa shape index (κ2) is 6.02. The quantitative estimate of drug-likeness (QED) is 0.620. The van der Waals surface area contributed by atoms with Crippen LogP contribution in [0.5, 0.6) is 0 Å². The van der Waals surface area contributed by atoms with E-state index in [0.717, 1.165) is 0 Å². The standard InChI is InChI=1S/C16H20O4S/c1-3-8-13-9-7-12-16(13,15(17)20-2)21(18,19)14-10-5-4-6-11-14/h3-6,10-11,13H,1,7-9,12H2,2H3. The number of rotatable bonds is 5. The summed E-state index contributed by atoms with van der Waals surface area (Å²) in [5, 5.41) is 0. The van der Waals surface area contributed by atoms with Gasteiger partial charge in [0.2, 0.25) is 0 Å². The molecule has 0 spiro atoms. The molecular formula is C16H20O4S. The topological polar surface area (TPSA) is 60.4 Å². The summed E-state index contributed by atoms with van der Waals surface area (Å²) < 4.78 is 29.6.